The van der Waals surface area contributed by atoms with Gasteiger partial charge >= 0.3 is 12.0 Å². The molecular formula is C14H15N3O3. The summed E-state index contributed by atoms with van der Waals surface area (Å²) in [5.74, 6) is -0.827. The number of nitrogens with one attached hydrogen (secondary N) is 1. The second-order valence-electron chi connectivity index (χ2n) is 4.91. The third kappa shape index (κ3) is 2.88. The molecule has 1 fully saturated rings. The van der Waals surface area contributed by atoms with Crippen molar-refractivity contribution in [3.05, 3.63) is 29.3 Å². The quantitative estimate of drug-likeness (QED) is 0.878. The van der Waals surface area contributed by atoms with E-state index in [-0.39, 0.29) is 18.4 Å². The summed E-state index contributed by atoms with van der Waals surface area (Å²) in [7, 11) is 0. The number of hydrogen-bond acceptors (Lipinski definition) is 3. The molecule has 1 aliphatic rings. The summed E-state index contributed by atoms with van der Waals surface area (Å²) in [6.45, 7) is 2.68. The van der Waals surface area contributed by atoms with Crippen molar-refractivity contribution in [1.29, 1.82) is 5.26 Å². The number of anilines is 1. The van der Waals surface area contributed by atoms with Crippen molar-refractivity contribution < 1.29 is 14.7 Å². The van der Waals surface area contributed by atoms with E-state index in [4.69, 9.17) is 10.4 Å². The summed E-state index contributed by atoms with van der Waals surface area (Å²) < 4.78 is 0. The molecule has 0 saturated carbocycles. The van der Waals surface area contributed by atoms with Crippen LogP contribution in [0.15, 0.2) is 18.2 Å². The van der Waals surface area contributed by atoms with Crippen molar-refractivity contribution in [3.63, 3.8) is 0 Å². The Morgan fingerprint density at radius 2 is 2.20 bits per heavy atom. The molecule has 1 heterocycles. The van der Waals surface area contributed by atoms with E-state index in [9.17, 15) is 9.59 Å². The normalized spacial score (nSPS) is 14.3. The molecule has 2 amide bonds. The molecule has 6 heteroatoms. The lowest BCUT2D eigenvalue weighted by Crippen LogP contribution is -2.52. The number of urea groups is 1. The molecule has 104 valence electrons. The molecule has 0 bridgehead atoms. The SMILES string of the molecule is Cc1cccc(NC(=O)N2CC(CC(=O)O)C2)c1C#N. The van der Waals surface area contributed by atoms with Crippen LogP contribution >= 0.6 is 0 Å². The van der Waals surface area contributed by atoms with E-state index in [2.05, 4.69) is 11.4 Å². The highest BCUT2D eigenvalue weighted by Crippen LogP contribution is 2.22. The second kappa shape index (κ2) is 5.61. The minimum atomic E-state index is -0.847. The Hall–Kier alpha value is -2.55. The standard InChI is InChI=1S/C14H15N3O3/c1-9-3-2-4-12(11(9)6-15)16-14(20)17-7-10(8-17)5-13(18)19/h2-4,10H,5,7-8H2,1H3,(H,16,20)(H,18,19). The van der Waals surface area contributed by atoms with Crippen LogP contribution in [0.25, 0.3) is 0 Å². The van der Waals surface area contributed by atoms with E-state index in [1.165, 1.54) is 4.90 Å². The van der Waals surface area contributed by atoms with Gasteiger partial charge in [-0.05, 0) is 18.6 Å². The first-order valence-electron chi connectivity index (χ1n) is 6.28. The minimum Gasteiger partial charge on any atom is -0.481 e. The number of carbonyl (C=O) groups is 2. The third-order valence-corrected chi connectivity index (χ3v) is 3.33. The van der Waals surface area contributed by atoms with Gasteiger partial charge in [-0.15, -0.1) is 0 Å². The van der Waals surface area contributed by atoms with Crippen LogP contribution in [0, 0.1) is 24.2 Å². The summed E-state index contributed by atoms with van der Waals surface area (Å²) >= 11 is 0. The lowest BCUT2D eigenvalue weighted by Gasteiger charge is -2.38. The van der Waals surface area contributed by atoms with Crippen LogP contribution in [-0.4, -0.2) is 35.1 Å². The number of nitrogens with zero attached hydrogens (tertiary/aromatic N) is 2. The first-order chi connectivity index (χ1) is 9.51. The summed E-state index contributed by atoms with van der Waals surface area (Å²) in [5, 5.41) is 20.4. The lowest BCUT2D eigenvalue weighted by molar-refractivity contribution is -0.139. The number of aliphatic carboxylic acids is 1. The Morgan fingerprint density at radius 1 is 1.50 bits per heavy atom. The number of benzene rings is 1. The zero-order valence-corrected chi connectivity index (χ0v) is 11.1. The van der Waals surface area contributed by atoms with E-state index in [1.54, 1.807) is 25.1 Å². The Kier molecular flexibility index (Phi) is 3.89. The fourth-order valence-electron chi connectivity index (χ4n) is 2.23. The van der Waals surface area contributed by atoms with Crippen molar-refractivity contribution in [2.75, 3.05) is 18.4 Å². The number of hydrogen-bond donors (Lipinski definition) is 2. The number of amides is 2. The highest BCUT2D eigenvalue weighted by Gasteiger charge is 2.32. The lowest BCUT2D eigenvalue weighted by atomic mass is 9.97. The van der Waals surface area contributed by atoms with E-state index in [1.807, 2.05) is 0 Å². The van der Waals surface area contributed by atoms with Crippen molar-refractivity contribution in [3.8, 4) is 6.07 Å². The average Bonchev–Trinajstić information content (AvgIpc) is 2.33. The van der Waals surface area contributed by atoms with Gasteiger partial charge in [-0.2, -0.15) is 5.26 Å². The number of aryl methyl sites for hydroxylation is 1. The van der Waals surface area contributed by atoms with Gasteiger partial charge in [-0.25, -0.2) is 4.79 Å². The topological polar surface area (TPSA) is 93.4 Å². The summed E-state index contributed by atoms with van der Waals surface area (Å²) in [6.07, 6.45) is 0.0810. The fraction of sp³-hybridized carbons (Fsp3) is 0.357. The number of carboxylic acid groups (broad SMARTS) is 1. The minimum absolute atomic E-state index is 0.0196. The molecule has 1 aromatic carbocycles. The molecule has 0 spiro atoms. The van der Waals surface area contributed by atoms with E-state index in [0.717, 1.165) is 5.56 Å². The first kappa shape index (κ1) is 13.9. The maximum absolute atomic E-state index is 12.0. The van der Waals surface area contributed by atoms with Crippen LogP contribution in [-0.2, 0) is 4.79 Å². The highest BCUT2D eigenvalue weighted by molar-refractivity contribution is 5.91. The number of carboxylic acids is 1. The number of nitriles is 1. The van der Waals surface area contributed by atoms with Crippen LogP contribution < -0.4 is 5.32 Å². The molecule has 0 atom stereocenters. The molecule has 2 N–H and O–H groups in total. The Bertz CT molecular complexity index is 586. The van der Waals surface area contributed by atoms with Crippen molar-refractivity contribution in [1.82, 2.24) is 4.90 Å². The van der Waals surface area contributed by atoms with Crippen molar-refractivity contribution in [2.45, 2.75) is 13.3 Å². The summed E-state index contributed by atoms with van der Waals surface area (Å²) in [5.41, 5.74) is 1.74. The predicted molar refractivity (Wildman–Crippen MR) is 72.2 cm³/mol. The molecule has 20 heavy (non-hydrogen) atoms. The molecular weight excluding hydrogens is 258 g/mol. The maximum Gasteiger partial charge on any atom is 0.321 e. The van der Waals surface area contributed by atoms with Gasteiger partial charge in [0.1, 0.15) is 6.07 Å². The smallest absolute Gasteiger partial charge is 0.321 e. The van der Waals surface area contributed by atoms with Gasteiger partial charge in [0.05, 0.1) is 17.7 Å². The van der Waals surface area contributed by atoms with Crippen LogP contribution in [0.3, 0.4) is 0 Å². The van der Waals surface area contributed by atoms with E-state index in [0.29, 0.717) is 24.3 Å². The van der Waals surface area contributed by atoms with Crippen LogP contribution in [0.2, 0.25) is 0 Å². The molecule has 0 unspecified atom stereocenters. The fourth-order valence-corrected chi connectivity index (χ4v) is 2.23. The van der Waals surface area contributed by atoms with Gasteiger partial charge in [0.2, 0.25) is 0 Å². The van der Waals surface area contributed by atoms with Crippen LogP contribution in [0.5, 0.6) is 0 Å². The van der Waals surface area contributed by atoms with Gasteiger partial charge < -0.3 is 15.3 Å². The second-order valence-corrected chi connectivity index (χ2v) is 4.91. The largest absolute Gasteiger partial charge is 0.481 e. The van der Waals surface area contributed by atoms with Crippen LogP contribution in [0.1, 0.15) is 17.5 Å². The van der Waals surface area contributed by atoms with Gasteiger partial charge in [0.25, 0.3) is 0 Å². The van der Waals surface area contributed by atoms with Gasteiger partial charge in [0, 0.05) is 19.0 Å². The maximum atomic E-state index is 12.0. The molecule has 0 radical (unpaired) electrons. The zero-order chi connectivity index (χ0) is 14.7. The van der Waals surface area contributed by atoms with Gasteiger partial charge in [-0.3, -0.25) is 4.79 Å². The van der Waals surface area contributed by atoms with Gasteiger partial charge in [-0.1, -0.05) is 12.1 Å². The molecule has 2 rings (SSSR count). The highest BCUT2D eigenvalue weighted by atomic mass is 16.4. The number of carbonyl (C=O) groups excluding carboxylic acids is 1. The molecule has 1 saturated heterocycles. The van der Waals surface area contributed by atoms with Crippen molar-refractivity contribution >= 4 is 17.7 Å². The third-order valence-electron chi connectivity index (χ3n) is 3.33. The Morgan fingerprint density at radius 3 is 2.80 bits per heavy atom. The average molecular weight is 273 g/mol. The number of rotatable bonds is 3. The molecule has 6 nitrogen and oxygen atoms in total. The predicted octanol–water partition coefficient (Wildman–Crippen LogP) is 1.81. The van der Waals surface area contributed by atoms with E-state index < -0.39 is 5.97 Å². The number of likely N-dealkylation sites (tertiary alicyclic amines) is 1. The van der Waals surface area contributed by atoms with Crippen LogP contribution in [0.4, 0.5) is 10.5 Å². The summed E-state index contributed by atoms with van der Waals surface area (Å²) in [6, 6.07) is 7.03. The van der Waals surface area contributed by atoms with Gasteiger partial charge in [0.15, 0.2) is 0 Å². The molecule has 1 aromatic rings. The first-order valence-corrected chi connectivity index (χ1v) is 6.28. The molecule has 1 aliphatic heterocycles. The van der Waals surface area contributed by atoms with E-state index >= 15 is 0 Å². The Balaban J connectivity index is 1.96. The Labute approximate surface area is 116 Å². The van der Waals surface area contributed by atoms with Crippen molar-refractivity contribution in [2.24, 2.45) is 5.92 Å². The molecule has 0 aliphatic carbocycles. The summed E-state index contributed by atoms with van der Waals surface area (Å²) in [4.78, 5) is 24.0. The zero-order valence-electron chi connectivity index (χ0n) is 11.1. The monoisotopic (exact) mass is 273 g/mol. The molecule has 0 aromatic heterocycles.